The number of carbonyl (C=O) groups is 1. The van der Waals surface area contributed by atoms with Gasteiger partial charge in [-0.1, -0.05) is 13.3 Å². The third kappa shape index (κ3) is 4.90. The molecule has 0 aliphatic carbocycles. The van der Waals surface area contributed by atoms with Gasteiger partial charge in [-0.25, -0.2) is 0 Å². The lowest BCUT2D eigenvalue weighted by Crippen LogP contribution is -2.13. The molecule has 0 spiro atoms. The summed E-state index contributed by atoms with van der Waals surface area (Å²) < 4.78 is 4.89. The van der Waals surface area contributed by atoms with E-state index in [9.17, 15) is 4.79 Å². The molecule has 0 rings (SSSR count). The van der Waals surface area contributed by atoms with E-state index >= 15 is 0 Å². The predicted octanol–water partition coefficient (Wildman–Crippen LogP) is 1.24. The van der Waals surface area contributed by atoms with Gasteiger partial charge in [-0.2, -0.15) is 0 Å². The fraction of sp³-hybridized carbons (Fsp3) is 0.444. The summed E-state index contributed by atoms with van der Waals surface area (Å²) in [5.74, 6) is -0.915. The lowest BCUT2D eigenvalue weighted by molar-refractivity contribution is -0.116. The van der Waals surface area contributed by atoms with Crippen molar-refractivity contribution in [3.8, 4) is 0 Å². The van der Waals surface area contributed by atoms with E-state index in [1.807, 2.05) is 6.92 Å². The van der Waals surface area contributed by atoms with Crippen molar-refractivity contribution in [2.24, 2.45) is 5.73 Å². The van der Waals surface area contributed by atoms with Gasteiger partial charge in [-0.05, 0) is 12.5 Å². The zero-order valence-electron chi connectivity index (χ0n) is 7.91. The number of ether oxygens (including phenoxy) is 1. The highest BCUT2D eigenvalue weighted by Crippen LogP contribution is 2.04. The van der Waals surface area contributed by atoms with Crippen LogP contribution in [0.1, 0.15) is 19.8 Å². The number of nitrogens with two attached hydrogens (primary N) is 1. The van der Waals surface area contributed by atoms with Crippen LogP contribution in [-0.4, -0.2) is 18.1 Å². The molecule has 0 heterocycles. The minimum absolute atomic E-state index is 0.443. The zero-order valence-corrected chi connectivity index (χ0v) is 7.91. The normalized spacial score (nSPS) is 12.8. The molecule has 0 saturated carbocycles. The summed E-state index contributed by atoms with van der Waals surface area (Å²) in [6, 6.07) is 0. The Labute approximate surface area is 77.7 Å². The summed E-state index contributed by atoms with van der Waals surface area (Å²) in [5.41, 5.74) is 4.83. The quantitative estimate of drug-likeness (QED) is 0.384. The molecule has 0 fully saturated rings. The van der Waals surface area contributed by atoms with E-state index in [0.29, 0.717) is 5.76 Å². The first-order chi connectivity index (χ1) is 6.11. The Morgan fingerprint density at radius 1 is 1.62 bits per heavy atom. The fourth-order valence-electron chi connectivity index (χ4n) is 0.694. The van der Waals surface area contributed by atoms with Crippen molar-refractivity contribution in [1.82, 2.24) is 0 Å². The SMILES string of the molecule is CCC/C=C(\C=C(/O)C(N)=O)OC. The molecule has 74 valence electrons. The van der Waals surface area contributed by atoms with Crippen molar-refractivity contribution in [3.05, 3.63) is 23.7 Å². The predicted molar refractivity (Wildman–Crippen MR) is 49.9 cm³/mol. The second-order valence-corrected chi connectivity index (χ2v) is 2.49. The zero-order chi connectivity index (χ0) is 10.3. The van der Waals surface area contributed by atoms with Crippen molar-refractivity contribution >= 4 is 5.91 Å². The van der Waals surface area contributed by atoms with E-state index in [2.05, 4.69) is 0 Å². The number of amides is 1. The van der Waals surface area contributed by atoms with E-state index in [1.165, 1.54) is 13.2 Å². The number of hydrogen-bond donors (Lipinski definition) is 2. The third-order valence-electron chi connectivity index (χ3n) is 1.40. The van der Waals surface area contributed by atoms with E-state index in [1.54, 1.807) is 6.08 Å². The van der Waals surface area contributed by atoms with Gasteiger partial charge < -0.3 is 15.6 Å². The molecule has 0 aromatic rings. The van der Waals surface area contributed by atoms with Crippen LogP contribution in [-0.2, 0) is 9.53 Å². The molecule has 0 aromatic carbocycles. The molecule has 1 amide bonds. The van der Waals surface area contributed by atoms with Gasteiger partial charge in [-0.3, -0.25) is 4.79 Å². The minimum atomic E-state index is -0.862. The molecule has 0 aliphatic heterocycles. The van der Waals surface area contributed by atoms with Crippen LogP contribution >= 0.6 is 0 Å². The van der Waals surface area contributed by atoms with Crippen LogP contribution in [0.5, 0.6) is 0 Å². The molecular weight excluding hydrogens is 170 g/mol. The molecule has 0 radical (unpaired) electrons. The molecule has 0 aliphatic rings. The van der Waals surface area contributed by atoms with Gasteiger partial charge >= 0.3 is 0 Å². The third-order valence-corrected chi connectivity index (χ3v) is 1.40. The van der Waals surface area contributed by atoms with Crippen molar-refractivity contribution < 1.29 is 14.6 Å². The van der Waals surface area contributed by atoms with Gasteiger partial charge in [0, 0.05) is 6.08 Å². The van der Waals surface area contributed by atoms with Crippen molar-refractivity contribution in [1.29, 1.82) is 0 Å². The Balaban J connectivity index is 4.43. The van der Waals surface area contributed by atoms with Gasteiger partial charge in [0.05, 0.1) is 7.11 Å². The number of unbranched alkanes of at least 4 members (excludes halogenated alkanes) is 1. The van der Waals surface area contributed by atoms with Crippen LogP contribution in [0.2, 0.25) is 0 Å². The van der Waals surface area contributed by atoms with Gasteiger partial charge in [0.15, 0.2) is 5.76 Å². The standard InChI is InChI=1S/C9H15NO3/c1-3-4-5-7(13-2)6-8(11)9(10)12/h5-6,11H,3-4H2,1-2H3,(H2,10,12)/b7-5+,8-6-. The highest BCUT2D eigenvalue weighted by molar-refractivity contribution is 5.89. The summed E-state index contributed by atoms with van der Waals surface area (Å²) in [6.45, 7) is 2.02. The van der Waals surface area contributed by atoms with E-state index in [4.69, 9.17) is 15.6 Å². The van der Waals surface area contributed by atoms with Crippen LogP contribution in [0.25, 0.3) is 0 Å². The second kappa shape index (κ2) is 6.11. The summed E-state index contributed by atoms with van der Waals surface area (Å²) in [5, 5.41) is 8.99. The first kappa shape index (κ1) is 11.6. The number of rotatable bonds is 5. The monoisotopic (exact) mass is 185 g/mol. The number of allylic oxidation sites excluding steroid dienone is 2. The summed E-state index contributed by atoms with van der Waals surface area (Å²) in [7, 11) is 1.46. The Hall–Kier alpha value is -1.45. The van der Waals surface area contributed by atoms with E-state index < -0.39 is 11.7 Å². The van der Waals surface area contributed by atoms with E-state index in [-0.39, 0.29) is 0 Å². The second-order valence-electron chi connectivity index (χ2n) is 2.49. The number of hydrogen-bond acceptors (Lipinski definition) is 3. The van der Waals surface area contributed by atoms with Crippen molar-refractivity contribution in [2.45, 2.75) is 19.8 Å². The van der Waals surface area contributed by atoms with Crippen LogP contribution < -0.4 is 5.73 Å². The number of carbonyl (C=O) groups excluding carboxylic acids is 1. The molecule has 4 heteroatoms. The molecule has 13 heavy (non-hydrogen) atoms. The van der Waals surface area contributed by atoms with Crippen molar-refractivity contribution in [3.63, 3.8) is 0 Å². The summed E-state index contributed by atoms with van der Waals surface area (Å²) in [6.07, 6.45) is 4.78. The Bertz CT molecular complexity index is 231. The van der Waals surface area contributed by atoms with Gasteiger partial charge in [-0.15, -0.1) is 0 Å². The number of aliphatic hydroxyl groups is 1. The van der Waals surface area contributed by atoms with Crippen LogP contribution in [0.3, 0.4) is 0 Å². The lowest BCUT2D eigenvalue weighted by atomic mass is 10.2. The average Bonchev–Trinajstić information content (AvgIpc) is 2.11. The Morgan fingerprint density at radius 3 is 2.62 bits per heavy atom. The minimum Gasteiger partial charge on any atom is -0.503 e. The van der Waals surface area contributed by atoms with Gasteiger partial charge in [0.2, 0.25) is 0 Å². The maximum Gasteiger partial charge on any atom is 0.283 e. The van der Waals surface area contributed by atoms with Crippen LogP contribution in [0, 0.1) is 0 Å². The van der Waals surface area contributed by atoms with Crippen LogP contribution in [0.15, 0.2) is 23.7 Å². The molecule has 0 atom stereocenters. The van der Waals surface area contributed by atoms with Gasteiger partial charge in [0.25, 0.3) is 5.91 Å². The fourth-order valence-corrected chi connectivity index (χ4v) is 0.694. The first-order valence-electron chi connectivity index (χ1n) is 4.06. The maximum absolute atomic E-state index is 10.4. The Morgan fingerprint density at radius 2 is 2.23 bits per heavy atom. The number of methoxy groups -OCH3 is 1. The smallest absolute Gasteiger partial charge is 0.283 e. The maximum atomic E-state index is 10.4. The largest absolute Gasteiger partial charge is 0.503 e. The summed E-state index contributed by atoms with van der Waals surface area (Å²) in [4.78, 5) is 10.4. The topological polar surface area (TPSA) is 72.5 Å². The molecule has 0 bridgehead atoms. The molecule has 4 nitrogen and oxygen atoms in total. The number of aliphatic hydroxyl groups excluding tert-OH is 1. The molecule has 0 aromatic heterocycles. The highest BCUT2D eigenvalue weighted by atomic mass is 16.5. The van der Waals surface area contributed by atoms with Crippen molar-refractivity contribution in [2.75, 3.05) is 7.11 Å². The molecular formula is C9H15NO3. The molecule has 3 N–H and O–H groups in total. The molecule has 0 saturated heterocycles. The first-order valence-corrected chi connectivity index (χ1v) is 4.06. The lowest BCUT2D eigenvalue weighted by Gasteiger charge is -2.00. The summed E-state index contributed by atoms with van der Waals surface area (Å²) >= 11 is 0. The molecule has 0 unspecified atom stereocenters. The van der Waals surface area contributed by atoms with Gasteiger partial charge in [0.1, 0.15) is 5.76 Å². The average molecular weight is 185 g/mol. The van der Waals surface area contributed by atoms with E-state index in [0.717, 1.165) is 12.8 Å². The number of primary amides is 1. The van der Waals surface area contributed by atoms with Crippen LogP contribution in [0.4, 0.5) is 0 Å². The Kier molecular flexibility index (Phi) is 5.43. The highest BCUT2D eigenvalue weighted by Gasteiger charge is 2.01.